The van der Waals surface area contributed by atoms with E-state index in [0.717, 1.165) is 23.6 Å². The van der Waals surface area contributed by atoms with Crippen molar-refractivity contribution in [1.82, 2.24) is 10.3 Å². The van der Waals surface area contributed by atoms with Crippen LogP contribution in [-0.4, -0.2) is 11.5 Å². The van der Waals surface area contributed by atoms with Crippen molar-refractivity contribution in [2.75, 3.05) is 6.54 Å². The van der Waals surface area contributed by atoms with Gasteiger partial charge < -0.3 is 10.3 Å². The van der Waals surface area contributed by atoms with Crippen molar-refractivity contribution in [1.29, 1.82) is 0 Å². The number of hydrogen-bond donors (Lipinski definition) is 2. The fraction of sp³-hybridized carbons (Fsp3) is 0.385. The van der Waals surface area contributed by atoms with Gasteiger partial charge in [-0.05, 0) is 17.7 Å². The molecule has 1 aliphatic rings. The largest absolute Gasteiger partial charge is 0.358 e. The van der Waals surface area contributed by atoms with Crippen molar-refractivity contribution < 1.29 is 0 Å². The second kappa shape index (κ2) is 3.25. The van der Waals surface area contributed by atoms with E-state index in [1.807, 2.05) is 12.1 Å². The Balaban J connectivity index is 2.32. The number of rotatable bonds is 0. The van der Waals surface area contributed by atoms with Crippen molar-refractivity contribution in [3.8, 4) is 0 Å². The fourth-order valence-corrected chi connectivity index (χ4v) is 2.75. The Hall–Kier alpha value is -0.990. The zero-order valence-electron chi connectivity index (χ0n) is 9.52. The maximum absolute atomic E-state index is 6.02. The molecule has 3 heteroatoms. The number of nitrogens with one attached hydrogen (secondary N) is 2. The first kappa shape index (κ1) is 10.2. The predicted molar refractivity (Wildman–Crippen MR) is 68.0 cm³/mol. The third-order valence-electron chi connectivity index (χ3n) is 3.41. The lowest BCUT2D eigenvalue weighted by Crippen LogP contribution is -2.38. The van der Waals surface area contributed by atoms with Gasteiger partial charge in [-0.3, -0.25) is 0 Å². The summed E-state index contributed by atoms with van der Waals surface area (Å²) in [6.45, 7) is 6.48. The Morgan fingerprint density at radius 2 is 2.12 bits per heavy atom. The summed E-state index contributed by atoms with van der Waals surface area (Å²) >= 11 is 6.02. The van der Waals surface area contributed by atoms with Gasteiger partial charge in [0.05, 0.1) is 0 Å². The molecule has 2 nitrogen and oxygen atoms in total. The summed E-state index contributed by atoms with van der Waals surface area (Å²) in [6, 6.07) is 6.07. The molecule has 0 saturated carbocycles. The number of fused-ring (bicyclic) bond motifs is 3. The van der Waals surface area contributed by atoms with Gasteiger partial charge in [0.2, 0.25) is 0 Å². The smallest absolute Gasteiger partial charge is 0.0474 e. The molecule has 1 aromatic heterocycles. The van der Waals surface area contributed by atoms with Gasteiger partial charge >= 0.3 is 0 Å². The Morgan fingerprint density at radius 3 is 2.94 bits per heavy atom. The highest BCUT2D eigenvalue weighted by molar-refractivity contribution is 6.31. The lowest BCUT2D eigenvalue weighted by molar-refractivity contribution is 0.427. The second-order valence-electron chi connectivity index (χ2n) is 5.16. The van der Waals surface area contributed by atoms with E-state index >= 15 is 0 Å². The zero-order chi connectivity index (χ0) is 11.3. The number of aromatic nitrogens is 1. The normalized spacial score (nSPS) is 18.7. The third kappa shape index (κ3) is 1.37. The first-order chi connectivity index (χ1) is 7.58. The Labute approximate surface area is 100.0 Å². The number of hydrogen-bond acceptors (Lipinski definition) is 1. The average molecular weight is 235 g/mol. The highest BCUT2D eigenvalue weighted by Crippen LogP contribution is 2.34. The third-order valence-corrected chi connectivity index (χ3v) is 3.65. The van der Waals surface area contributed by atoms with Crippen LogP contribution >= 0.6 is 11.6 Å². The van der Waals surface area contributed by atoms with Crippen LogP contribution in [0.1, 0.15) is 25.1 Å². The molecule has 0 spiro atoms. The first-order valence-electron chi connectivity index (χ1n) is 5.59. The molecule has 0 unspecified atom stereocenters. The van der Waals surface area contributed by atoms with Crippen LogP contribution in [0.15, 0.2) is 18.2 Å². The molecule has 0 atom stereocenters. The van der Waals surface area contributed by atoms with Gasteiger partial charge in [-0.25, -0.2) is 0 Å². The second-order valence-corrected chi connectivity index (χ2v) is 5.59. The van der Waals surface area contributed by atoms with Crippen molar-refractivity contribution >= 4 is 22.5 Å². The lowest BCUT2D eigenvalue weighted by Gasteiger charge is -2.30. The predicted octanol–water partition coefficient (Wildman–Crippen LogP) is 3.20. The van der Waals surface area contributed by atoms with E-state index in [4.69, 9.17) is 11.6 Å². The number of aromatic amines is 1. The molecule has 0 fully saturated rings. The Morgan fingerprint density at radius 1 is 1.31 bits per heavy atom. The molecule has 16 heavy (non-hydrogen) atoms. The molecule has 0 saturated heterocycles. The fourth-order valence-electron chi connectivity index (χ4n) is 2.58. The van der Waals surface area contributed by atoms with Crippen LogP contribution in [0.25, 0.3) is 10.9 Å². The van der Waals surface area contributed by atoms with E-state index in [9.17, 15) is 0 Å². The molecule has 2 heterocycles. The van der Waals surface area contributed by atoms with Crippen LogP contribution in [0.4, 0.5) is 0 Å². The molecule has 0 radical (unpaired) electrons. The molecule has 3 rings (SSSR count). The number of benzene rings is 1. The zero-order valence-corrected chi connectivity index (χ0v) is 10.3. The van der Waals surface area contributed by atoms with E-state index in [1.54, 1.807) is 0 Å². The van der Waals surface area contributed by atoms with Crippen LogP contribution in [0, 0.1) is 0 Å². The van der Waals surface area contributed by atoms with Gasteiger partial charge in [-0.1, -0.05) is 31.5 Å². The maximum atomic E-state index is 6.02. The highest BCUT2D eigenvalue weighted by Gasteiger charge is 2.30. The molecular weight excluding hydrogens is 220 g/mol. The van der Waals surface area contributed by atoms with Crippen LogP contribution in [0.5, 0.6) is 0 Å². The van der Waals surface area contributed by atoms with Crippen LogP contribution < -0.4 is 5.32 Å². The molecule has 84 valence electrons. The molecular formula is C13H15ClN2. The molecule has 1 aromatic carbocycles. The Kier molecular flexibility index (Phi) is 2.07. The Bertz CT molecular complexity index is 554. The lowest BCUT2D eigenvalue weighted by atomic mass is 9.84. The van der Waals surface area contributed by atoms with Gasteiger partial charge in [0.15, 0.2) is 0 Å². The van der Waals surface area contributed by atoms with Crippen molar-refractivity contribution in [3.05, 3.63) is 34.5 Å². The highest BCUT2D eigenvalue weighted by atomic mass is 35.5. The molecule has 1 aliphatic heterocycles. The standard InChI is InChI=1S/C13H15ClN2/c1-13(2)7-15-6-10-9-4-3-8(14)5-11(9)16-12(10)13/h3-5,15-16H,6-7H2,1-2H3. The van der Waals surface area contributed by atoms with E-state index in [0.29, 0.717) is 0 Å². The van der Waals surface area contributed by atoms with Gasteiger partial charge in [0, 0.05) is 40.1 Å². The van der Waals surface area contributed by atoms with Crippen molar-refractivity contribution in [2.45, 2.75) is 25.8 Å². The minimum absolute atomic E-state index is 0.166. The topological polar surface area (TPSA) is 27.8 Å². The van der Waals surface area contributed by atoms with Crippen LogP contribution in [-0.2, 0) is 12.0 Å². The minimum atomic E-state index is 0.166. The summed E-state index contributed by atoms with van der Waals surface area (Å²) in [6.07, 6.45) is 0. The van der Waals surface area contributed by atoms with E-state index in [1.165, 1.54) is 16.6 Å². The van der Waals surface area contributed by atoms with Gasteiger partial charge in [0.25, 0.3) is 0 Å². The molecule has 2 N–H and O–H groups in total. The quantitative estimate of drug-likeness (QED) is 0.720. The SMILES string of the molecule is CC1(C)CNCc2c1[nH]c1cc(Cl)ccc21. The minimum Gasteiger partial charge on any atom is -0.358 e. The molecule has 0 amide bonds. The number of halogens is 1. The van der Waals surface area contributed by atoms with E-state index < -0.39 is 0 Å². The summed E-state index contributed by atoms with van der Waals surface area (Å²) in [5.74, 6) is 0. The van der Waals surface area contributed by atoms with Gasteiger partial charge in [-0.15, -0.1) is 0 Å². The summed E-state index contributed by atoms with van der Waals surface area (Å²) < 4.78 is 0. The van der Waals surface area contributed by atoms with Gasteiger partial charge in [0.1, 0.15) is 0 Å². The molecule has 0 bridgehead atoms. The van der Waals surface area contributed by atoms with Crippen molar-refractivity contribution in [2.24, 2.45) is 0 Å². The van der Waals surface area contributed by atoms with E-state index in [-0.39, 0.29) is 5.41 Å². The summed E-state index contributed by atoms with van der Waals surface area (Å²) in [5.41, 5.74) is 4.06. The van der Waals surface area contributed by atoms with Gasteiger partial charge in [-0.2, -0.15) is 0 Å². The summed E-state index contributed by atoms with van der Waals surface area (Å²) in [5, 5.41) is 5.55. The molecule has 0 aliphatic carbocycles. The van der Waals surface area contributed by atoms with Crippen LogP contribution in [0.2, 0.25) is 5.02 Å². The summed E-state index contributed by atoms with van der Waals surface area (Å²) in [7, 11) is 0. The molecule has 2 aromatic rings. The van der Waals surface area contributed by atoms with Crippen molar-refractivity contribution in [3.63, 3.8) is 0 Å². The monoisotopic (exact) mass is 234 g/mol. The first-order valence-corrected chi connectivity index (χ1v) is 5.97. The average Bonchev–Trinajstić information content (AvgIpc) is 2.57. The summed E-state index contributed by atoms with van der Waals surface area (Å²) in [4.78, 5) is 3.52. The van der Waals surface area contributed by atoms with Crippen LogP contribution in [0.3, 0.4) is 0 Å². The number of H-pyrrole nitrogens is 1. The maximum Gasteiger partial charge on any atom is 0.0474 e. The van der Waals surface area contributed by atoms with E-state index in [2.05, 4.69) is 30.2 Å².